The molecule has 1 saturated heterocycles. The van der Waals surface area contributed by atoms with E-state index in [2.05, 4.69) is 15.5 Å². The summed E-state index contributed by atoms with van der Waals surface area (Å²) in [6, 6.07) is 2.33. The molecule has 3 rings (SSSR count). The summed E-state index contributed by atoms with van der Waals surface area (Å²) >= 11 is 0. The quantitative estimate of drug-likeness (QED) is 0.590. The Kier molecular flexibility index (Phi) is 5.59. The number of carbonyl (C=O) groups is 1. The van der Waals surface area contributed by atoms with Crippen molar-refractivity contribution >= 4 is 17.6 Å². The van der Waals surface area contributed by atoms with Gasteiger partial charge < -0.3 is 20.3 Å². The molecule has 0 aliphatic carbocycles. The number of fused-ring (bicyclic) bond motifs is 1. The van der Waals surface area contributed by atoms with E-state index in [0.717, 1.165) is 13.1 Å². The van der Waals surface area contributed by atoms with Crippen molar-refractivity contribution in [3.8, 4) is 0 Å². The van der Waals surface area contributed by atoms with Crippen LogP contribution in [0.15, 0.2) is 16.9 Å². The molecule has 1 unspecified atom stereocenters. The van der Waals surface area contributed by atoms with Gasteiger partial charge in [0.2, 0.25) is 0 Å². The van der Waals surface area contributed by atoms with E-state index in [1.165, 1.54) is 16.7 Å². The fraction of sp³-hybridized carbons (Fsp3) is 0.667. The van der Waals surface area contributed by atoms with Gasteiger partial charge in [-0.1, -0.05) is 0 Å². The smallest absolute Gasteiger partial charge is 0.407 e. The fourth-order valence-corrected chi connectivity index (χ4v) is 3.68. The van der Waals surface area contributed by atoms with Gasteiger partial charge >= 0.3 is 11.8 Å². The first-order valence-electron chi connectivity index (χ1n) is 9.49. The SMILES string of the molecule is CC(C)(C)NC(=O)OC1CCN(CC2CNc3c([N+](=O)[O-])ccc(=O)n32)CC1. The highest BCUT2D eigenvalue weighted by Gasteiger charge is 2.32. The molecule has 154 valence electrons. The van der Waals surface area contributed by atoms with Gasteiger partial charge in [0.05, 0.1) is 11.0 Å². The normalized spacial score (nSPS) is 20.3. The van der Waals surface area contributed by atoms with Crippen molar-refractivity contribution in [3.05, 3.63) is 32.6 Å². The van der Waals surface area contributed by atoms with Crippen LogP contribution in [0, 0.1) is 10.1 Å². The first-order chi connectivity index (χ1) is 13.1. The number of hydrogen-bond donors (Lipinski definition) is 2. The lowest BCUT2D eigenvalue weighted by Crippen LogP contribution is -2.45. The first kappa shape index (κ1) is 20.1. The Morgan fingerprint density at radius 2 is 2.04 bits per heavy atom. The highest BCUT2D eigenvalue weighted by molar-refractivity contribution is 5.68. The predicted molar refractivity (Wildman–Crippen MR) is 104 cm³/mol. The minimum Gasteiger partial charge on any atom is -0.446 e. The molecule has 28 heavy (non-hydrogen) atoms. The van der Waals surface area contributed by atoms with E-state index in [4.69, 9.17) is 4.74 Å². The number of nitrogens with one attached hydrogen (secondary N) is 2. The van der Waals surface area contributed by atoms with Crippen LogP contribution in [0.4, 0.5) is 16.3 Å². The molecule has 1 amide bonds. The topological polar surface area (TPSA) is 119 Å². The van der Waals surface area contributed by atoms with Crippen LogP contribution in [0.5, 0.6) is 0 Å². The summed E-state index contributed by atoms with van der Waals surface area (Å²) in [6.45, 7) is 8.27. The van der Waals surface area contributed by atoms with Crippen molar-refractivity contribution in [2.75, 3.05) is 31.5 Å². The van der Waals surface area contributed by atoms with E-state index in [1.807, 2.05) is 20.8 Å². The minimum atomic E-state index is -0.480. The molecule has 1 aromatic heterocycles. The van der Waals surface area contributed by atoms with Crippen LogP contribution >= 0.6 is 0 Å². The number of aromatic nitrogens is 1. The standard InChI is InChI=1S/C18H27N5O5/c1-18(2,3)20-17(25)28-13-6-8-21(9-7-13)11-12-10-19-16-14(23(26)27)4-5-15(24)22(12)16/h4-5,12-13,19H,6-11H2,1-3H3,(H,20,25). The number of carbonyl (C=O) groups excluding carboxylic acids is 1. The Bertz CT molecular complexity index is 808. The largest absolute Gasteiger partial charge is 0.446 e. The maximum Gasteiger partial charge on any atom is 0.407 e. The van der Waals surface area contributed by atoms with Crippen molar-refractivity contribution in [1.29, 1.82) is 0 Å². The average Bonchev–Trinajstić information content (AvgIpc) is 2.99. The number of likely N-dealkylation sites (tertiary alicyclic amines) is 1. The molecule has 0 spiro atoms. The van der Waals surface area contributed by atoms with Crippen molar-refractivity contribution < 1.29 is 14.5 Å². The second kappa shape index (κ2) is 7.78. The van der Waals surface area contributed by atoms with Gasteiger partial charge in [0.1, 0.15) is 6.10 Å². The Morgan fingerprint density at radius 1 is 1.36 bits per heavy atom. The van der Waals surface area contributed by atoms with E-state index in [0.29, 0.717) is 25.9 Å². The van der Waals surface area contributed by atoms with E-state index in [9.17, 15) is 19.7 Å². The van der Waals surface area contributed by atoms with Crippen LogP contribution in [0.2, 0.25) is 0 Å². The van der Waals surface area contributed by atoms with Gasteiger partial charge in [0.25, 0.3) is 5.56 Å². The first-order valence-corrected chi connectivity index (χ1v) is 9.49. The van der Waals surface area contributed by atoms with Crippen LogP contribution in [0.1, 0.15) is 39.7 Å². The molecule has 1 atom stereocenters. The Labute approximate surface area is 163 Å². The van der Waals surface area contributed by atoms with Crippen molar-refractivity contribution in [2.24, 2.45) is 0 Å². The third-order valence-electron chi connectivity index (χ3n) is 4.93. The van der Waals surface area contributed by atoms with E-state index >= 15 is 0 Å². The molecule has 1 aromatic rings. The number of nitro groups is 1. The summed E-state index contributed by atoms with van der Waals surface area (Å²) < 4.78 is 6.97. The molecule has 2 N–H and O–H groups in total. The van der Waals surface area contributed by atoms with Crippen LogP contribution in [-0.4, -0.2) is 58.3 Å². The minimum absolute atomic E-state index is 0.0842. The maximum atomic E-state index is 12.2. The summed E-state index contributed by atoms with van der Waals surface area (Å²) in [6.07, 6.45) is 0.901. The zero-order chi connectivity index (χ0) is 20.5. The van der Waals surface area contributed by atoms with Crippen LogP contribution in [0.25, 0.3) is 0 Å². The molecule has 1 fully saturated rings. The summed E-state index contributed by atoms with van der Waals surface area (Å²) in [5.41, 5.74) is -0.664. The number of anilines is 1. The molecule has 0 bridgehead atoms. The van der Waals surface area contributed by atoms with Gasteiger partial charge in [-0.25, -0.2) is 4.79 Å². The van der Waals surface area contributed by atoms with Crippen LogP contribution < -0.4 is 16.2 Å². The molecular weight excluding hydrogens is 366 g/mol. The summed E-state index contributed by atoms with van der Waals surface area (Å²) in [5.74, 6) is 0.277. The molecule has 0 aromatic carbocycles. The van der Waals surface area contributed by atoms with Crippen molar-refractivity contribution in [3.63, 3.8) is 0 Å². The zero-order valence-corrected chi connectivity index (χ0v) is 16.4. The molecule has 10 nitrogen and oxygen atoms in total. The lowest BCUT2D eigenvalue weighted by Gasteiger charge is -2.33. The molecule has 3 heterocycles. The summed E-state index contributed by atoms with van der Waals surface area (Å²) in [4.78, 5) is 37.0. The number of ether oxygens (including phenoxy) is 1. The number of amides is 1. The van der Waals surface area contributed by atoms with Crippen molar-refractivity contribution in [2.45, 2.75) is 51.3 Å². The molecule has 10 heteroatoms. The highest BCUT2D eigenvalue weighted by atomic mass is 16.6. The maximum absolute atomic E-state index is 12.2. The number of nitrogens with zero attached hydrogens (tertiary/aromatic N) is 3. The van der Waals surface area contributed by atoms with Gasteiger partial charge in [-0.05, 0) is 33.6 Å². The fourth-order valence-electron chi connectivity index (χ4n) is 3.68. The second-order valence-corrected chi connectivity index (χ2v) is 8.35. The summed E-state index contributed by atoms with van der Waals surface area (Å²) in [7, 11) is 0. The Morgan fingerprint density at radius 3 is 2.64 bits per heavy atom. The number of hydrogen-bond acceptors (Lipinski definition) is 7. The average molecular weight is 393 g/mol. The monoisotopic (exact) mass is 393 g/mol. The van der Waals surface area contributed by atoms with Gasteiger partial charge in [0, 0.05) is 43.9 Å². The number of piperidine rings is 1. The van der Waals surface area contributed by atoms with Crippen LogP contribution in [0.3, 0.4) is 0 Å². The molecule has 2 aliphatic rings. The molecule has 2 aliphatic heterocycles. The van der Waals surface area contributed by atoms with E-state index < -0.39 is 11.0 Å². The zero-order valence-electron chi connectivity index (χ0n) is 16.4. The number of alkyl carbamates (subject to hydrolysis) is 1. The second-order valence-electron chi connectivity index (χ2n) is 8.35. The summed E-state index contributed by atoms with van der Waals surface area (Å²) in [5, 5.41) is 17.0. The highest BCUT2D eigenvalue weighted by Crippen LogP contribution is 2.30. The molecular formula is C18H27N5O5. The molecule has 0 saturated carbocycles. The lowest BCUT2D eigenvalue weighted by atomic mass is 10.1. The molecule has 0 radical (unpaired) electrons. The van der Waals surface area contributed by atoms with Gasteiger partial charge in [0.15, 0.2) is 5.82 Å². The predicted octanol–water partition coefficient (Wildman–Crippen LogP) is 1.71. The van der Waals surface area contributed by atoms with Gasteiger partial charge in [-0.15, -0.1) is 0 Å². The Balaban J connectivity index is 1.56. The third-order valence-corrected chi connectivity index (χ3v) is 4.93. The lowest BCUT2D eigenvalue weighted by molar-refractivity contribution is -0.384. The van der Waals surface area contributed by atoms with E-state index in [-0.39, 0.29) is 34.7 Å². The van der Waals surface area contributed by atoms with Crippen LogP contribution in [-0.2, 0) is 4.74 Å². The van der Waals surface area contributed by atoms with E-state index in [1.54, 1.807) is 0 Å². The third kappa shape index (κ3) is 4.61. The van der Waals surface area contributed by atoms with Crippen molar-refractivity contribution in [1.82, 2.24) is 14.8 Å². The van der Waals surface area contributed by atoms with Gasteiger partial charge in [-0.3, -0.25) is 19.5 Å². The number of rotatable bonds is 4. The number of pyridine rings is 1. The Hall–Kier alpha value is -2.62. The van der Waals surface area contributed by atoms with Gasteiger partial charge in [-0.2, -0.15) is 0 Å².